The molecule has 0 saturated heterocycles. The van der Waals surface area contributed by atoms with Crippen molar-refractivity contribution < 1.29 is 9.47 Å². The zero-order chi connectivity index (χ0) is 19.4. The molecule has 0 aliphatic carbocycles. The second-order valence-corrected chi connectivity index (χ2v) is 4.03. The maximum Gasteiger partial charge on any atom is 0.118 e. The third-order valence-corrected chi connectivity index (χ3v) is 2.51. The molecule has 0 N–H and O–H groups in total. The lowest BCUT2D eigenvalue weighted by atomic mass is 10.2. The molecule has 0 saturated carbocycles. The fourth-order valence-corrected chi connectivity index (χ4v) is 1.35. The van der Waals surface area contributed by atoms with E-state index in [-0.39, 0.29) is 0 Å². The van der Waals surface area contributed by atoms with Crippen molar-refractivity contribution in [3.8, 4) is 11.5 Å². The topological polar surface area (TPSA) is 18.5 Å². The molecule has 0 amide bonds. The van der Waals surface area contributed by atoms with Crippen LogP contribution in [0.15, 0.2) is 48.5 Å². The summed E-state index contributed by atoms with van der Waals surface area (Å²) in [6, 6.07) is 15.9. The average Bonchev–Trinajstić information content (AvgIpc) is 2.68. The molecule has 24 heavy (non-hydrogen) atoms. The molecule has 0 spiro atoms. The fraction of sp³-hybridized carbons (Fsp3) is 0.455. The third-order valence-electron chi connectivity index (χ3n) is 2.51. The van der Waals surface area contributed by atoms with Gasteiger partial charge in [-0.15, -0.1) is 0 Å². The third kappa shape index (κ3) is 15.0. The Morgan fingerprint density at radius 3 is 0.833 bits per heavy atom. The van der Waals surface area contributed by atoms with Crippen LogP contribution in [-0.2, 0) is 0 Å². The molecular formula is C22H38O2. The van der Waals surface area contributed by atoms with E-state index < -0.39 is 0 Å². The van der Waals surface area contributed by atoms with Gasteiger partial charge in [0.15, 0.2) is 0 Å². The van der Waals surface area contributed by atoms with Gasteiger partial charge in [0.05, 0.1) is 14.2 Å². The summed E-state index contributed by atoms with van der Waals surface area (Å²) >= 11 is 0. The fourth-order valence-electron chi connectivity index (χ4n) is 1.35. The van der Waals surface area contributed by atoms with Crippen LogP contribution in [0.2, 0.25) is 0 Å². The van der Waals surface area contributed by atoms with Crippen molar-refractivity contribution in [2.24, 2.45) is 0 Å². The Morgan fingerprint density at radius 2 is 0.667 bits per heavy atom. The lowest BCUT2D eigenvalue weighted by Crippen LogP contribution is -1.80. The largest absolute Gasteiger partial charge is 0.497 e. The van der Waals surface area contributed by atoms with E-state index in [1.54, 1.807) is 14.2 Å². The van der Waals surface area contributed by atoms with E-state index in [2.05, 4.69) is 13.8 Å². The minimum atomic E-state index is 0.917. The number of methoxy groups -OCH3 is 2. The Kier molecular flexibility index (Phi) is 23.6. The van der Waals surface area contributed by atoms with Crippen LogP contribution in [0.3, 0.4) is 0 Å². The molecule has 0 aliphatic heterocycles. The Labute approximate surface area is 150 Å². The van der Waals surface area contributed by atoms with Crippen LogP contribution in [0, 0.1) is 13.8 Å². The maximum absolute atomic E-state index is 4.97. The van der Waals surface area contributed by atoms with Crippen molar-refractivity contribution in [1.82, 2.24) is 0 Å². The number of ether oxygens (including phenoxy) is 2. The van der Waals surface area contributed by atoms with Crippen LogP contribution in [0.25, 0.3) is 0 Å². The van der Waals surface area contributed by atoms with E-state index in [0.29, 0.717) is 0 Å². The highest BCUT2D eigenvalue weighted by atomic mass is 16.5. The summed E-state index contributed by atoms with van der Waals surface area (Å²) in [6.45, 7) is 16.1. The van der Waals surface area contributed by atoms with Gasteiger partial charge in [0.2, 0.25) is 0 Å². The number of rotatable bonds is 2. The first-order chi connectivity index (χ1) is 11.7. The molecule has 0 atom stereocenters. The van der Waals surface area contributed by atoms with Gasteiger partial charge >= 0.3 is 0 Å². The number of hydrogen-bond acceptors (Lipinski definition) is 2. The smallest absolute Gasteiger partial charge is 0.118 e. The van der Waals surface area contributed by atoms with Crippen molar-refractivity contribution >= 4 is 0 Å². The molecule has 0 aromatic heterocycles. The van der Waals surface area contributed by atoms with Crippen LogP contribution in [0.4, 0.5) is 0 Å². The molecule has 0 heterocycles. The van der Waals surface area contributed by atoms with Crippen molar-refractivity contribution in [3.63, 3.8) is 0 Å². The second-order valence-electron chi connectivity index (χ2n) is 4.03. The summed E-state index contributed by atoms with van der Waals surface area (Å²) in [5, 5.41) is 0. The first-order valence-corrected chi connectivity index (χ1v) is 8.87. The molecule has 0 aliphatic rings. The van der Waals surface area contributed by atoms with Crippen LogP contribution in [0.1, 0.15) is 52.7 Å². The van der Waals surface area contributed by atoms with Crippen molar-refractivity contribution in [2.45, 2.75) is 55.4 Å². The molecule has 0 bridgehead atoms. The van der Waals surface area contributed by atoms with Crippen LogP contribution >= 0.6 is 0 Å². The normalized spacial score (nSPS) is 7.58. The second kappa shape index (κ2) is 21.0. The van der Waals surface area contributed by atoms with Gasteiger partial charge in [0, 0.05) is 0 Å². The summed E-state index contributed by atoms with van der Waals surface area (Å²) < 4.78 is 9.94. The van der Waals surface area contributed by atoms with Gasteiger partial charge in [-0.3, -0.25) is 0 Å². The van der Waals surface area contributed by atoms with Gasteiger partial charge in [-0.25, -0.2) is 0 Å². The zero-order valence-electron chi connectivity index (χ0n) is 17.4. The molecule has 2 heteroatoms. The molecule has 138 valence electrons. The monoisotopic (exact) mass is 334 g/mol. The number of benzene rings is 2. The molecule has 2 rings (SSSR count). The molecule has 2 aromatic carbocycles. The Bertz CT molecular complexity index is 399. The summed E-state index contributed by atoms with van der Waals surface area (Å²) in [5.74, 6) is 1.83. The van der Waals surface area contributed by atoms with Crippen LogP contribution in [0.5, 0.6) is 11.5 Å². The SMILES string of the molecule is CC.CC.CC.COc1ccc(C)cc1.COc1ccc(C)cc1. The van der Waals surface area contributed by atoms with Gasteiger partial charge in [0.1, 0.15) is 11.5 Å². The summed E-state index contributed by atoms with van der Waals surface area (Å²) in [4.78, 5) is 0. The quantitative estimate of drug-likeness (QED) is 0.584. The Morgan fingerprint density at radius 1 is 0.458 bits per heavy atom. The minimum absolute atomic E-state index is 0.917. The van der Waals surface area contributed by atoms with E-state index in [1.807, 2.05) is 90.1 Å². The summed E-state index contributed by atoms with van der Waals surface area (Å²) in [5.41, 5.74) is 2.52. The molecule has 0 unspecified atom stereocenters. The molecule has 0 radical (unpaired) electrons. The highest BCUT2D eigenvalue weighted by Crippen LogP contribution is 2.10. The molecule has 2 nitrogen and oxygen atoms in total. The van der Waals surface area contributed by atoms with Gasteiger partial charge in [-0.1, -0.05) is 76.9 Å². The first kappa shape index (κ1) is 26.9. The van der Waals surface area contributed by atoms with Gasteiger partial charge in [0.25, 0.3) is 0 Å². The molecule has 2 aromatic rings. The summed E-state index contributed by atoms with van der Waals surface area (Å²) in [7, 11) is 3.34. The standard InChI is InChI=1S/2C8H10O.3C2H6/c2*1-7-3-5-8(9-2)6-4-7;3*1-2/h2*3-6H,1-2H3;3*1-2H3. The first-order valence-electron chi connectivity index (χ1n) is 8.87. The van der Waals surface area contributed by atoms with Crippen molar-refractivity contribution in [2.75, 3.05) is 14.2 Å². The average molecular weight is 335 g/mol. The lowest BCUT2D eigenvalue weighted by molar-refractivity contribution is 0.414. The Hall–Kier alpha value is -1.96. The van der Waals surface area contributed by atoms with Gasteiger partial charge in [-0.2, -0.15) is 0 Å². The highest BCUT2D eigenvalue weighted by molar-refractivity contribution is 5.26. The number of aryl methyl sites for hydroxylation is 2. The number of hydrogen-bond donors (Lipinski definition) is 0. The Balaban J connectivity index is -0.000000281. The maximum atomic E-state index is 4.97. The van der Waals surface area contributed by atoms with E-state index in [1.165, 1.54) is 11.1 Å². The molecular weight excluding hydrogens is 296 g/mol. The van der Waals surface area contributed by atoms with E-state index in [0.717, 1.165) is 11.5 Å². The van der Waals surface area contributed by atoms with Crippen LogP contribution in [-0.4, -0.2) is 14.2 Å². The predicted molar refractivity (Wildman–Crippen MR) is 110 cm³/mol. The van der Waals surface area contributed by atoms with Crippen molar-refractivity contribution in [1.29, 1.82) is 0 Å². The summed E-state index contributed by atoms with van der Waals surface area (Å²) in [6.07, 6.45) is 0. The highest BCUT2D eigenvalue weighted by Gasteiger charge is 1.86. The van der Waals surface area contributed by atoms with E-state index in [4.69, 9.17) is 9.47 Å². The molecule has 0 fully saturated rings. The van der Waals surface area contributed by atoms with Crippen LogP contribution < -0.4 is 9.47 Å². The lowest BCUT2D eigenvalue weighted by Gasteiger charge is -1.97. The van der Waals surface area contributed by atoms with E-state index >= 15 is 0 Å². The van der Waals surface area contributed by atoms with Gasteiger partial charge in [-0.05, 0) is 38.1 Å². The van der Waals surface area contributed by atoms with E-state index in [9.17, 15) is 0 Å². The van der Waals surface area contributed by atoms with Gasteiger partial charge < -0.3 is 9.47 Å². The zero-order valence-corrected chi connectivity index (χ0v) is 17.4. The predicted octanol–water partition coefficient (Wildman–Crippen LogP) is 7.09. The van der Waals surface area contributed by atoms with Crippen molar-refractivity contribution in [3.05, 3.63) is 59.7 Å². The minimum Gasteiger partial charge on any atom is -0.497 e.